The molecule has 1 radical (unpaired) electrons. The van der Waals surface area contributed by atoms with E-state index in [1.165, 1.54) is 0 Å². The lowest BCUT2D eigenvalue weighted by atomic mass is 9.74. The van der Waals surface area contributed by atoms with Gasteiger partial charge in [-0.05, 0) is 47.2 Å². The van der Waals surface area contributed by atoms with Crippen LogP contribution in [0.15, 0.2) is 95.9 Å². The topological polar surface area (TPSA) is 84.0 Å². The number of nitrogens with zero attached hydrogens (tertiary/aromatic N) is 2. The van der Waals surface area contributed by atoms with Crippen molar-refractivity contribution < 1.29 is 8.42 Å². The highest BCUT2D eigenvalue weighted by molar-refractivity contribution is 7.92. The molecule has 1 aromatic heterocycles. The SMILES string of the molecule is C[B]c1ccc(S(=O)(=O)Nc2nc3ccccc3nc2Nc2ccc3ccccc3c2)cc1. The molecular weight excluding hydrogens is 431 g/mol. The zero-order valence-corrected chi connectivity index (χ0v) is 18.7. The molecule has 4 aromatic carbocycles. The first-order valence-corrected chi connectivity index (χ1v) is 11.9. The van der Waals surface area contributed by atoms with Crippen molar-refractivity contribution >= 4 is 61.9 Å². The number of fused-ring (bicyclic) bond motifs is 2. The maximum Gasteiger partial charge on any atom is 0.263 e. The normalized spacial score (nSPS) is 11.4. The van der Waals surface area contributed by atoms with Crippen LogP contribution in [0.2, 0.25) is 6.82 Å². The van der Waals surface area contributed by atoms with Gasteiger partial charge in [0.15, 0.2) is 11.6 Å². The van der Waals surface area contributed by atoms with Gasteiger partial charge < -0.3 is 5.32 Å². The molecule has 5 aromatic rings. The van der Waals surface area contributed by atoms with Gasteiger partial charge in [-0.3, -0.25) is 4.72 Å². The van der Waals surface area contributed by atoms with Crippen LogP contribution in [-0.4, -0.2) is 25.7 Å². The number of aromatic nitrogens is 2. The molecule has 6 nitrogen and oxygen atoms in total. The summed E-state index contributed by atoms with van der Waals surface area (Å²) in [5, 5.41) is 5.42. The van der Waals surface area contributed by atoms with Crippen LogP contribution in [0.5, 0.6) is 0 Å². The number of para-hydroxylation sites is 2. The Bertz CT molecular complexity index is 1570. The van der Waals surface area contributed by atoms with Crippen LogP contribution in [0.1, 0.15) is 0 Å². The number of hydrogen-bond acceptors (Lipinski definition) is 5. The first kappa shape index (κ1) is 21.0. The van der Waals surface area contributed by atoms with Gasteiger partial charge in [-0.2, -0.15) is 0 Å². The van der Waals surface area contributed by atoms with Gasteiger partial charge in [0.2, 0.25) is 0 Å². The van der Waals surface area contributed by atoms with E-state index in [0.29, 0.717) is 16.9 Å². The number of nitrogens with one attached hydrogen (secondary N) is 2. The highest BCUT2D eigenvalue weighted by Gasteiger charge is 2.19. The molecule has 0 spiro atoms. The van der Waals surface area contributed by atoms with E-state index in [-0.39, 0.29) is 10.7 Å². The Balaban J connectivity index is 1.55. The molecule has 0 bridgehead atoms. The second-order valence-electron chi connectivity index (χ2n) is 7.56. The van der Waals surface area contributed by atoms with Crippen molar-refractivity contribution in [1.82, 2.24) is 9.97 Å². The maximum absolute atomic E-state index is 13.1. The Hall–Kier alpha value is -3.91. The lowest BCUT2D eigenvalue weighted by Gasteiger charge is -2.14. The molecule has 8 heteroatoms. The van der Waals surface area contributed by atoms with E-state index in [1.807, 2.05) is 74.8 Å². The van der Waals surface area contributed by atoms with Gasteiger partial charge in [0.05, 0.1) is 15.9 Å². The van der Waals surface area contributed by atoms with E-state index >= 15 is 0 Å². The van der Waals surface area contributed by atoms with Crippen LogP contribution in [0, 0.1) is 0 Å². The van der Waals surface area contributed by atoms with Crippen LogP contribution in [0.25, 0.3) is 21.8 Å². The predicted octanol–water partition coefficient (Wildman–Crippen LogP) is 4.71. The van der Waals surface area contributed by atoms with Gasteiger partial charge in [0, 0.05) is 5.69 Å². The number of rotatable bonds is 6. The molecule has 2 N–H and O–H groups in total. The summed E-state index contributed by atoms with van der Waals surface area (Å²) in [6, 6.07) is 27.9. The number of sulfonamides is 1. The Kier molecular flexibility index (Phi) is 5.44. The fourth-order valence-corrected chi connectivity index (χ4v) is 4.60. The average Bonchev–Trinajstić information content (AvgIpc) is 2.84. The summed E-state index contributed by atoms with van der Waals surface area (Å²) in [6.07, 6.45) is 0. The molecule has 0 aliphatic rings. The molecule has 33 heavy (non-hydrogen) atoms. The molecule has 0 amide bonds. The monoisotopic (exact) mass is 451 g/mol. The summed E-state index contributed by atoms with van der Waals surface area (Å²) in [6.45, 7) is 1.90. The smallest absolute Gasteiger partial charge is 0.263 e. The molecule has 0 saturated heterocycles. The second kappa shape index (κ2) is 8.56. The van der Waals surface area contributed by atoms with E-state index in [1.54, 1.807) is 30.3 Å². The van der Waals surface area contributed by atoms with E-state index in [2.05, 4.69) is 20.0 Å². The van der Waals surface area contributed by atoms with Gasteiger partial charge in [0.1, 0.15) is 7.28 Å². The first-order valence-electron chi connectivity index (χ1n) is 10.5. The van der Waals surface area contributed by atoms with Crippen molar-refractivity contribution in [3.05, 3.63) is 91.0 Å². The summed E-state index contributed by atoms with van der Waals surface area (Å²) in [7, 11) is -1.96. The fourth-order valence-electron chi connectivity index (χ4n) is 3.59. The van der Waals surface area contributed by atoms with Crippen molar-refractivity contribution in [3.8, 4) is 0 Å². The van der Waals surface area contributed by atoms with Crippen LogP contribution >= 0.6 is 0 Å². The molecule has 0 atom stereocenters. The van der Waals surface area contributed by atoms with Gasteiger partial charge in [-0.25, -0.2) is 18.4 Å². The average molecular weight is 451 g/mol. The van der Waals surface area contributed by atoms with E-state index < -0.39 is 10.0 Å². The van der Waals surface area contributed by atoms with Crippen molar-refractivity contribution in [3.63, 3.8) is 0 Å². The van der Waals surface area contributed by atoms with Crippen molar-refractivity contribution in [2.24, 2.45) is 0 Å². The lowest BCUT2D eigenvalue weighted by molar-refractivity contribution is 0.601. The summed E-state index contributed by atoms with van der Waals surface area (Å²) < 4.78 is 28.8. The summed E-state index contributed by atoms with van der Waals surface area (Å²) in [5.74, 6) is 0.457. The molecule has 0 fully saturated rings. The summed E-state index contributed by atoms with van der Waals surface area (Å²) in [4.78, 5) is 9.36. The number of anilines is 3. The molecule has 0 saturated carbocycles. The third-order valence-corrected chi connectivity index (χ3v) is 6.69. The minimum atomic E-state index is -3.86. The zero-order chi connectivity index (χ0) is 22.8. The molecule has 0 aliphatic heterocycles. The minimum Gasteiger partial charge on any atom is -0.337 e. The van der Waals surface area contributed by atoms with E-state index in [0.717, 1.165) is 21.9 Å². The quantitative estimate of drug-likeness (QED) is 0.366. The van der Waals surface area contributed by atoms with Crippen molar-refractivity contribution in [1.29, 1.82) is 0 Å². The highest BCUT2D eigenvalue weighted by Crippen LogP contribution is 2.28. The zero-order valence-electron chi connectivity index (χ0n) is 17.9. The Morgan fingerprint density at radius 2 is 1.36 bits per heavy atom. The number of benzene rings is 4. The van der Waals surface area contributed by atoms with Crippen LogP contribution in [-0.2, 0) is 10.0 Å². The summed E-state index contributed by atoms with van der Waals surface area (Å²) in [5.41, 5.74) is 2.97. The third-order valence-electron chi connectivity index (χ3n) is 5.34. The van der Waals surface area contributed by atoms with Crippen molar-refractivity contribution in [2.75, 3.05) is 10.0 Å². The van der Waals surface area contributed by atoms with Gasteiger partial charge in [0.25, 0.3) is 10.0 Å². The highest BCUT2D eigenvalue weighted by atomic mass is 32.2. The third kappa shape index (κ3) is 4.38. The second-order valence-corrected chi connectivity index (χ2v) is 9.24. The van der Waals surface area contributed by atoms with Gasteiger partial charge >= 0.3 is 0 Å². The molecule has 5 rings (SSSR count). The van der Waals surface area contributed by atoms with E-state index in [9.17, 15) is 8.42 Å². The molecule has 0 aliphatic carbocycles. The summed E-state index contributed by atoms with van der Waals surface area (Å²) >= 11 is 0. The Morgan fingerprint density at radius 1 is 0.727 bits per heavy atom. The van der Waals surface area contributed by atoms with Crippen LogP contribution in [0.4, 0.5) is 17.3 Å². The van der Waals surface area contributed by atoms with Crippen LogP contribution < -0.4 is 15.5 Å². The largest absolute Gasteiger partial charge is 0.337 e. The standard InChI is InChI=1S/C25H20BN4O2S/c1-26-19-11-14-21(15-12-19)33(31,32)30-25-24(28-22-8-4-5-9-23(22)29-25)27-20-13-10-17-6-2-3-7-18(17)16-20/h2-16H,1H3,(H,27,28)(H,29,30). The molecule has 161 valence electrons. The van der Waals surface area contributed by atoms with Crippen molar-refractivity contribution in [2.45, 2.75) is 11.7 Å². The molecule has 1 heterocycles. The van der Waals surface area contributed by atoms with Crippen LogP contribution in [0.3, 0.4) is 0 Å². The Labute approximate surface area is 193 Å². The van der Waals surface area contributed by atoms with E-state index in [4.69, 9.17) is 0 Å². The maximum atomic E-state index is 13.1. The van der Waals surface area contributed by atoms with Gasteiger partial charge in [-0.15, -0.1) is 0 Å². The predicted molar refractivity (Wildman–Crippen MR) is 135 cm³/mol. The Morgan fingerprint density at radius 3 is 2.06 bits per heavy atom. The lowest BCUT2D eigenvalue weighted by Crippen LogP contribution is -2.17. The fraction of sp³-hybridized carbons (Fsp3) is 0.0400. The first-order chi connectivity index (χ1) is 16.0. The minimum absolute atomic E-state index is 0.132. The van der Waals surface area contributed by atoms with Gasteiger partial charge in [-0.1, -0.05) is 66.9 Å². The molecule has 0 unspecified atom stereocenters. The molecular formula is C25H20BN4O2S. The number of hydrogen-bond donors (Lipinski definition) is 2.